The third kappa shape index (κ3) is 2.63. The van der Waals surface area contributed by atoms with Crippen LogP contribution in [0.5, 0.6) is 0 Å². The molecule has 4 heteroatoms. The summed E-state index contributed by atoms with van der Waals surface area (Å²) in [7, 11) is 0. The number of hydrogen-bond donors (Lipinski definition) is 1. The fraction of sp³-hybridized carbons (Fsp3) is 0.222. The number of halogens is 2. The Hall–Kier alpha value is -0.180. The van der Waals surface area contributed by atoms with Crippen LogP contribution < -0.4 is 0 Å². The molecule has 13 heavy (non-hydrogen) atoms. The first-order valence-corrected chi connectivity index (χ1v) is 4.95. The smallest absolute Gasteiger partial charge is 0.181 e. The third-order valence-electron chi connectivity index (χ3n) is 1.58. The highest BCUT2D eigenvalue weighted by atomic mass is 35.5. The number of Topliss-reactive ketones (excluding diaryl/α,β-unsaturated/α-hetero) is 1. The molecule has 0 fully saturated rings. The summed E-state index contributed by atoms with van der Waals surface area (Å²) in [6.07, 6.45) is 0. The summed E-state index contributed by atoms with van der Waals surface area (Å²) >= 11 is 15.6. The number of ketones is 1. The van der Waals surface area contributed by atoms with Crippen LogP contribution in [0.25, 0.3) is 0 Å². The molecule has 0 aliphatic carbocycles. The molecule has 70 valence electrons. The molecule has 1 aromatic carbocycles. The van der Waals surface area contributed by atoms with Crippen LogP contribution in [0, 0.1) is 0 Å². The summed E-state index contributed by atoms with van der Waals surface area (Å²) in [4.78, 5) is 12.2. The van der Waals surface area contributed by atoms with Gasteiger partial charge in [0.2, 0.25) is 0 Å². The van der Waals surface area contributed by atoms with E-state index >= 15 is 0 Å². The number of hydrogen-bond acceptors (Lipinski definition) is 2. The summed E-state index contributed by atoms with van der Waals surface area (Å²) in [5.41, 5.74) is 0.427. The van der Waals surface area contributed by atoms with Crippen LogP contribution in [0.2, 0.25) is 5.02 Å². The van der Waals surface area contributed by atoms with Crippen LogP contribution in [0.3, 0.4) is 0 Å². The van der Waals surface area contributed by atoms with Crippen molar-refractivity contribution in [3.05, 3.63) is 28.8 Å². The van der Waals surface area contributed by atoms with Gasteiger partial charge in [-0.3, -0.25) is 4.79 Å². The first-order chi connectivity index (χ1) is 6.02. The Morgan fingerprint density at radius 1 is 1.54 bits per heavy atom. The molecule has 0 radical (unpaired) electrons. The average molecular weight is 235 g/mol. The van der Waals surface area contributed by atoms with Crippen LogP contribution in [0.1, 0.15) is 17.3 Å². The van der Waals surface area contributed by atoms with Crippen LogP contribution in [-0.4, -0.2) is 11.2 Å². The number of alkyl halides is 1. The van der Waals surface area contributed by atoms with Crippen molar-refractivity contribution in [3.8, 4) is 0 Å². The van der Waals surface area contributed by atoms with Crippen LogP contribution in [-0.2, 0) is 0 Å². The van der Waals surface area contributed by atoms with E-state index in [1.807, 2.05) is 0 Å². The molecule has 1 atom stereocenters. The Kier molecular flexibility index (Phi) is 3.65. The van der Waals surface area contributed by atoms with Crippen LogP contribution >= 0.6 is 35.8 Å². The SMILES string of the molecule is CC(Cl)C(=O)c1cc(S)ccc1Cl. The number of rotatable bonds is 2. The molecular formula is C9H8Cl2OS. The van der Waals surface area contributed by atoms with Gasteiger partial charge in [0.1, 0.15) is 0 Å². The van der Waals surface area contributed by atoms with Crippen LogP contribution in [0.15, 0.2) is 23.1 Å². The lowest BCUT2D eigenvalue weighted by Crippen LogP contribution is -2.10. The second kappa shape index (κ2) is 4.36. The summed E-state index contributed by atoms with van der Waals surface area (Å²) in [5.74, 6) is -0.178. The number of thiol groups is 1. The summed E-state index contributed by atoms with van der Waals surface area (Å²) in [6, 6.07) is 4.98. The molecule has 0 aliphatic rings. The second-order valence-electron chi connectivity index (χ2n) is 2.64. The summed E-state index contributed by atoms with van der Waals surface area (Å²) < 4.78 is 0. The van der Waals surface area contributed by atoms with E-state index in [1.165, 1.54) is 0 Å². The minimum atomic E-state index is -0.562. The minimum Gasteiger partial charge on any atom is -0.292 e. The fourth-order valence-electron chi connectivity index (χ4n) is 0.916. The zero-order valence-electron chi connectivity index (χ0n) is 6.92. The molecule has 0 bridgehead atoms. The zero-order valence-corrected chi connectivity index (χ0v) is 9.33. The van der Waals surface area contributed by atoms with E-state index in [4.69, 9.17) is 23.2 Å². The van der Waals surface area contributed by atoms with Crippen molar-refractivity contribution in [2.75, 3.05) is 0 Å². The molecule has 0 N–H and O–H groups in total. The van der Waals surface area contributed by atoms with Gasteiger partial charge in [0.05, 0.1) is 10.4 Å². The van der Waals surface area contributed by atoms with Gasteiger partial charge in [0, 0.05) is 10.5 Å². The lowest BCUT2D eigenvalue weighted by atomic mass is 10.1. The van der Waals surface area contributed by atoms with Crippen molar-refractivity contribution in [2.45, 2.75) is 17.2 Å². The maximum absolute atomic E-state index is 11.5. The molecule has 1 nitrogen and oxygen atoms in total. The topological polar surface area (TPSA) is 17.1 Å². The minimum absolute atomic E-state index is 0.178. The van der Waals surface area contributed by atoms with Gasteiger partial charge in [-0.25, -0.2) is 0 Å². The Labute approximate surface area is 92.4 Å². The molecule has 0 saturated carbocycles. The summed E-state index contributed by atoms with van der Waals surface area (Å²) in [6.45, 7) is 1.62. The van der Waals surface area contributed by atoms with Gasteiger partial charge in [-0.2, -0.15) is 0 Å². The van der Waals surface area contributed by atoms with E-state index in [0.29, 0.717) is 15.5 Å². The first-order valence-electron chi connectivity index (χ1n) is 3.69. The van der Waals surface area contributed by atoms with Gasteiger partial charge in [0.15, 0.2) is 5.78 Å². The fourth-order valence-corrected chi connectivity index (χ4v) is 1.45. The van der Waals surface area contributed by atoms with Crippen molar-refractivity contribution in [1.82, 2.24) is 0 Å². The molecule has 1 aromatic rings. The van der Waals surface area contributed by atoms with E-state index in [9.17, 15) is 4.79 Å². The van der Waals surface area contributed by atoms with Gasteiger partial charge in [-0.05, 0) is 25.1 Å². The lowest BCUT2D eigenvalue weighted by Gasteiger charge is -2.05. The normalized spacial score (nSPS) is 12.6. The van der Waals surface area contributed by atoms with Crippen molar-refractivity contribution < 1.29 is 4.79 Å². The first kappa shape index (κ1) is 10.9. The standard InChI is InChI=1S/C9H8Cl2OS/c1-5(10)9(12)7-4-6(13)2-3-8(7)11/h2-5,13H,1H3. The largest absolute Gasteiger partial charge is 0.292 e. The van der Waals surface area contributed by atoms with Crippen molar-refractivity contribution >= 4 is 41.6 Å². The molecular weight excluding hydrogens is 227 g/mol. The number of benzene rings is 1. The molecule has 0 saturated heterocycles. The molecule has 0 heterocycles. The molecule has 1 unspecified atom stereocenters. The highest BCUT2D eigenvalue weighted by molar-refractivity contribution is 7.80. The van der Waals surface area contributed by atoms with Gasteiger partial charge >= 0.3 is 0 Å². The van der Waals surface area contributed by atoms with Gasteiger partial charge in [-0.1, -0.05) is 11.6 Å². The van der Waals surface area contributed by atoms with Gasteiger partial charge in [-0.15, -0.1) is 24.2 Å². The average Bonchev–Trinajstić information content (AvgIpc) is 2.08. The van der Waals surface area contributed by atoms with E-state index < -0.39 is 5.38 Å². The predicted molar refractivity (Wildman–Crippen MR) is 58.3 cm³/mol. The van der Waals surface area contributed by atoms with E-state index in [1.54, 1.807) is 25.1 Å². The van der Waals surface area contributed by atoms with Crippen molar-refractivity contribution in [1.29, 1.82) is 0 Å². The molecule has 0 spiro atoms. The molecule has 0 amide bonds. The van der Waals surface area contributed by atoms with Gasteiger partial charge in [0.25, 0.3) is 0 Å². The predicted octanol–water partition coefficient (Wildman–Crippen LogP) is 3.44. The maximum Gasteiger partial charge on any atom is 0.181 e. The quantitative estimate of drug-likeness (QED) is 0.472. The Balaban J connectivity index is 3.13. The van der Waals surface area contributed by atoms with Crippen molar-refractivity contribution in [2.24, 2.45) is 0 Å². The zero-order chi connectivity index (χ0) is 10.0. The molecule has 0 aliphatic heterocycles. The molecule has 1 rings (SSSR count). The van der Waals surface area contributed by atoms with E-state index in [2.05, 4.69) is 12.6 Å². The number of carbonyl (C=O) groups excluding carboxylic acids is 1. The van der Waals surface area contributed by atoms with Crippen LogP contribution in [0.4, 0.5) is 0 Å². The number of carbonyl (C=O) groups is 1. The maximum atomic E-state index is 11.5. The highest BCUT2D eigenvalue weighted by Crippen LogP contribution is 2.22. The Morgan fingerprint density at radius 3 is 2.69 bits per heavy atom. The van der Waals surface area contributed by atoms with Crippen molar-refractivity contribution in [3.63, 3.8) is 0 Å². The monoisotopic (exact) mass is 234 g/mol. The lowest BCUT2D eigenvalue weighted by molar-refractivity contribution is 0.0991. The Bertz CT molecular complexity index is 336. The third-order valence-corrected chi connectivity index (χ3v) is 2.38. The van der Waals surface area contributed by atoms with E-state index in [-0.39, 0.29) is 5.78 Å². The van der Waals surface area contributed by atoms with E-state index in [0.717, 1.165) is 0 Å². The Morgan fingerprint density at radius 2 is 2.15 bits per heavy atom. The highest BCUT2D eigenvalue weighted by Gasteiger charge is 2.15. The second-order valence-corrected chi connectivity index (χ2v) is 4.22. The summed E-state index contributed by atoms with van der Waals surface area (Å²) in [5, 5.41) is -0.150. The molecule has 0 aromatic heterocycles. The van der Waals surface area contributed by atoms with Gasteiger partial charge < -0.3 is 0 Å².